The average Bonchev–Trinajstić information content (AvgIpc) is 2.16. The summed E-state index contributed by atoms with van der Waals surface area (Å²) in [6.07, 6.45) is 1.97. The molecule has 0 radical (unpaired) electrons. The topological polar surface area (TPSA) is 17.1 Å². The number of carbonyl (C=O) groups excluding carboxylic acids is 1. The maximum Gasteiger partial charge on any atom is 0.178 e. The standard InChI is InChI=1S/C10H10Br2OS/c1-6(11)10(13)9-7(12)4-3-5-8(9)14-2/h3-6H,1-2H3. The SMILES string of the molecule is CSc1cccc(Br)c1C(=O)C(C)Br. The molecule has 0 aliphatic rings. The molecule has 0 N–H and O–H groups in total. The second-order valence-corrected chi connectivity index (χ2v) is 5.87. The Kier molecular flexibility index (Phi) is 4.67. The summed E-state index contributed by atoms with van der Waals surface area (Å²) < 4.78 is 0.862. The number of hydrogen-bond acceptors (Lipinski definition) is 2. The highest BCUT2D eigenvalue weighted by atomic mass is 79.9. The van der Waals surface area contributed by atoms with Crippen LogP contribution < -0.4 is 0 Å². The van der Waals surface area contributed by atoms with Gasteiger partial charge in [-0.15, -0.1) is 11.8 Å². The first kappa shape index (κ1) is 12.3. The quantitative estimate of drug-likeness (QED) is 0.468. The van der Waals surface area contributed by atoms with Crippen molar-refractivity contribution in [1.82, 2.24) is 0 Å². The van der Waals surface area contributed by atoms with Crippen LogP contribution in [0.25, 0.3) is 0 Å². The number of rotatable bonds is 3. The molecule has 1 aromatic carbocycles. The van der Waals surface area contributed by atoms with Gasteiger partial charge in [0.1, 0.15) is 0 Å². The highest BCUT2D eigenvalue weighted by molar-refractivity contribution is 9.10. The van der Waals surface area contributed by atoms with Gasteiger partial charge in [-0.25, -0.2) is 0 Å². The van der Waals surface area contributed by atoms with Crippen LogP contribution >= 0.6 is 43.6 Å². The Balaban J connectivity index is 3.23. The summed E-state index contributed by atoms with van der Waals surface area (Å²) in [5, 5.41) is 0. The third kappa shape index (κ3) is 2.61. The fourth-order valence-corrected chi connectivity index (χ4v) is 2.66. The summed E-state index contributed by atoms with van der Waals surface area (Å²) in [4.78, 5) is 12.7. The maximum absolute atomic E-state index is 11.9. The van der Waals surface area contributed by atoms with E-state index in [1.807, 2.05) is 31.4 Å². The number of carbonyl (C=O) groups is 1. The van der Waals surface area contributed by atoms with Crippen molar-refractivity contribution in [3.8, 4) is 0 Å². The molecule has 0 bridgehead atoms. The molecule has 1 unspecified atom stereocenters. The predicted molar refractivity (Wildman–Crippen MR) is 68.6 cm³/mol. The van der Waals surface area contributed by atoms with Crippen LogP contribution in [-0.4, -0.2) is 16.9 Å². The summed E-state index contributed by atoms with van der Waals surface area (Å²) >= 11 is 8.28. The molecule has 0 spiro atoms. The van der Waals surface area contributed by atoms with Crippen LogP contribution in [0.5, 0.6) is 0 Å². The molecule has 1 aromatic rings. The van der Waals surface area contributed by atoms with E-state index < -0.39 is 0 Å². The van der Waals surface area contributed by atoms with Crippen LogP contribution in [0.1, 0.15) is 17.3 Å². The lowest BCUT2D eigenvalue weighted by atomic mass is 10.1. The summed E-state index contributed by atoms with van der Waals surface area (Å²) in [5.74, 6) is 0.113. The van der Waals surface area contributed by atoms with Gasteiger partial charge in [0.15, 0.2) is 5.78 Å². The van der Waals surface area contributed by atoms with Crippen molar-refractivity contribution in [2.45, 2.75) is 16.6 Å². The molecule has 0 heterocycles. The second kappa shape index (κ2) is 5.33. The normalized spacial score (nSPS) is 12.6. The van der Waals surface area contributed by atoms with Crippen LogP contribution in [-0.2, 0) is 0 Å². The van der Waals surface area contributed by atoms with E-state index in [9.17, 15) is 4.79 Å². The maximum atomic E-state index is 11.9. The third-order valence-corrected chi connectivity index (χ3v) is 3.66. The summed E-state index contributed by atoms with van der Waals surface area (Å²) in [6, 6.07) is 5.78. The Morgan fingerprint density at radius 3 is 2.64 bits per heavy atom. The fraction of sp³-hybridized carbons (Fsp3) is 0.300. The zero-order chi connectivity index (χ0) is 10.7. The van der Waals surface area contributed by atoms with Crippen LogP contribution in [0.3, 0.4) is 0 Å². The lowest BCUT2D eigenvalue weighted by molar-refractivity contribution is 0.0992. The predicted octanol–water partition coefficient (Wildman–Crippen LogP) is 4.14. The first-order valence-corrected chi connectivity index (χ1v) is 7.02. The van der Waals surface area contributed by atoms with E-state index in [1.165, 1.54) is 0 Å². The molecule has 0 fully saturated rings. The van der Waals surface area contributed by atoms with Gasteiger partial charge >= 0.3 is 0 Å². The molecule has 76 valence electrons. The average molecular weight is 338 g/mol. The van der Waals surface area contributed by atoms with Crippen molar-refractivity contribution in [2.24, 2.45) is 0 Å². The van der Waals surface area contributed by atoms with Gasteiger partial charge in [-0.05, 0) is 25.3 Å². The number of thioether (sulfide) groups is 1. The Bertz CT molecular complexity index is 350. The largest absolute Gasteiger partial charge is 0.293 e. The van der Waals surface area contributed by atoms with Gasteiger partial charge in [-0.2, -0.15) is 0 Å². The van der Waals surface area contributed by atoms with Gasteiger partial charge in [0.25, 0.3) is 0 Å². The van der Waals surface area contributed by atoms with Gasteiger partial charge < -0.3 is 0 Å². The molecule has 1 rings (SSSR count). The van der Waals surface area contributed by atoms with E-state index in [0.717, 1.165) is 14.9 Å². The number of Topliss-reactive ketones (excluding diaryl/α,β-unsaturated/α-hetero) is 1. The van der Waals surface area contributed by atoms with Gasteiger partial charge in [-0.1, -0.05) is 37.9 Å². The summed E-state index contributed by atoms with van der Waals surface area (Å²) in [7, 11) is 0. The zero-order valence-corrected chi connectivity index (χ0v) is 11.9. The minimum Gasteiger partial charge on any atom is -0.293 e. The van der Waals surface area contributed by atoms with E-state index in [1.54, 1.807) is 11.8 Å². The van der Waals surface area contributed by atoms with Crippen molar-refractivity contribution in [3.05, 3.63) is 28.2 Å². The van der Waals surface area contributed by atoms with Gasteiger partial charge in [0, 0.05) is 14.9 Å². The summed E-state index contributed by atoms with van der Waals surface area (Å²) in [5.41, 5.74) is 0.768. The van der Waals surface area contributed by atoms with E-state index in [2.05, 4.69) is 31.9 Å². The van der Waals surface area contributed by atoms with E-state index in [-0.39, 0.29) is 10.6 Å². The van der Waals surface area contributed by atoms with Crippen molar-refractivity contribution < 1.29 is 4.79 Å². The lowest BCUT2D eigenvalue weighted by Gasteiger charge is -2.09. The fourth-order valence-electron chi connectivity index (χ4n) is 1.11. The molecular weight excluding hydrogens is 328 g/mol. The molecule has 4 heteroatoms. The minimum atomic E-state index is -0.146. The monoisotopic (exact) mass is 336 g/mol. The number of benzene rings is 1. The Morgan fingerprint density at radius 2 is 2.14 bits per heavy atom. The number of ketones is 1. The lowest BCUT2D eigenvalue weighted by Crippen LogP contribution is -2.11. The van der Waals surface area contributed by atoms with Crippen molar-refractivity contribution >= 4 is 49.4 Å². The molecule has 0 aliphatic carbocycles. The first-order valence-electron chi connectivity index (χ1n) is 4.08. The first-order chi connectivity index (χ1) is 6.57. The summed E-state index contributed by atoms with van der Waals surface area (Å²) in [6.45, 7) is 1.84. The van der Waals surface area contributed by atoms with E-state index in [0.29, 0.717) is 0 Å². The molecule has 0 saturated heterocycles. The molecular formula is C10H10Br2OS. The second-order valence-electron chi connectivity index (χ2n) is 2.80. The van der Waals surface area contributed by atoms with Crippen molar-refractivity contribution in [1.29, 1.82) is 0 Å². The van der Waals surface area contributed by atoms with E-state index >= 15 is 0 Å². The Morgan fingerprint density at radius 1 is 1.50 bits per heavy atom. The number of hydrogen-bond donors (Lipinski definition) is 0. The van der Waals surface area contributed by atoms with Crippen molar-refractivity contribution in [3.63, 3.8) is 0 Å². The van der Waals surface area contributed by atoms with Crippen LogP contribution in [0, 0.1) is 0 Å². The van der Waals surface area contributed by atoms with Crippen LogP contribution in [0.2, 0.25) is 0 Å². The molecule has 0 amide bonds. The zero-order valence-electron chi connectivity index (χ0n) is 7.88. The van der Waals surface area contributed by atoms with Gasteiger partial charge in [0.05, 0.1) is 4.83 Å². The molecule has 0 aliphatic heterocycles. The third-order valence-electron chi connectivity index (χ3n) is 1.80. The highest BCUT2D eigenvalue weighted by Crippen LogP contribution is 2.29. The van der Waals surface area contributed by atoms with Gasteiger partial charge in [-0.3, -0.25) is 4.79 Å². The molecule has 1 atom stereocenters. The van der Waals surface area contributed by atoms with E-state index in [4.69, 9.17) is 0 Å². The van der Waals surface area contributed by atoms with Crippen LogP contribution in [0.4, 0.5) is 0 Å². The Labute approximate surface area is 105 Å². The minimum absolute atomic E-state index is 0.113. The molecule has 0 saturated carbocycles. The number of halogens is 2. The highest BCUT2D eigenvalue weighted by Gasteiger charge is 2.18. The molecule has 1 nitrogen and oxygen atoms in total. The molecule has 14 heavy (non-hydrogen) atoms. The molecule has 0 aromatic heterocycles. The van der Waals surface area contributed by atoms with Crippen molar-refractivity contribution in [2.75, 3.05) is 6.26 Å². The van der Waals surface area contributed by atoms with Gasteiger partial charge in [0.2, 0.25) is 0 Å². The Hall–Kier alpha value is 0.200. The van der Waals surface area contributed by atoms with Crippen LogP contribution in [0.15, 0.2) is 27.6 Å². The number of alkyl halides is 1. The smallest absolute Gasteiger partial charge is 0.178 e.